The molecule has 1 aliphatic rings. The first kappa shape index (κ1) is 11.2. The van der Waals surface area contributed by atoms with Gasteiger partial charge >= 0.3 is 0 Å². The first-order chi connectivity index (χ1) is 7.69. The number of hydrogen-bond donors (Lipinski definition) is 0. The van der Waals surface area contributed by atoms with Crippen LogP contribution < -0.4 is 0 Å². The molecule has 0 aliphatic heterocycles. The molecule has 0 N–H and O–H groups in total. The van der Waals surface area contributed by atoms with Gasteiger partial charge in [-0.3, -0.25) is 0 Å². The van der Waals surface area contributed by atoms with E-state index in [0.29, 0.717) is 0 Å². The van der Waals surface area contributed by atoms with Crippen molar-refractivity contribution < 1.29 is 4.74 Å². The molecule has 0 radical (unpaired) electrons. The maximum Gasteiger partial charge on any atom is 0.0697 e. The predicted octanol–water partition coefficient (Wildman–Crippen LogP) is 2.72. The summed E-state index contributed by atoms with van der Waals surface area (Å²) in [5.41, 5.74) is 2.40. The van der Waals surface area contributed by atoms with Crippen LogP contribution in [0.2, 0.25) is 0 Å². The van der Waals surface area contributed by atoms with Gasteiger partial charge in [0.15, 0.2) is 0 Å². The Balaban J connectivity index is 2.20. The minimum atomic E-state index is -0.251. The number of ether oxygens (including phenoxy) is 1. The van der Waals surface area contributed by atoms with E-state index in [4.69, 9.17) is 4.74 Å². The molecule has 0 bridgehead atoms. The molecular formula is C14H17NO. The van der Waals surface area contributed by atoms with Crippen molar-refractivity contribution in [1.82, 2.24) is 0 Å². The molecule has 1 aromatic rings. The third-order valence-electron chi connectivity index (χ3n) is 3.49. The maximum atomic E-state index is 9.43. The van der Waals surface area contributed by atoms with Crippen LogP contribution in [0.1, 0.15) is 24.5 Å². The third kappa shape index (κ3) is 1.96. The molecule has 2 nitrogen and oxygen atoms in total. The molecule has 0 heterocycles. The number of benzene rings is 1. The quantitative estimate of drug-likeness (QED) is 0.776. The summed E-state index contributed by atoms with van der Waals surface area (Å²) in [5, 5.41) is 9.43. The molecule has 1 unspecified atom stereocenters. The molecule has 2 rings (SSSR count). The molecule has 1 aliphatic carbocycles. The van der Waals surface area contributed by atoms with E-state index < -0.39 is 0 Å². The highest BCUT2D eigenvalue weighted by Crippen LogP contribution is 2.40. The average Bonchev–Trinajstić information content (AvgIpc) is 2.67. The molecule has 0 amide bonds. The van der Waals surface area contributed by atoms with E-state index in [9.17, 15) is 5.26 Å². The Hall–Kier alpha value is -1.33. The average molecular weight is 215 g/mol. The maximum absolute atomic E-state index is 9.43. The van der Waals surface area contributed by atoms with Crippen LogP contribution in [0.25, 0.3) is 0 Å². The van der Waals surface area contributed by atoms with Crippen molar-refractivity contribution in [2.24, 2.45) is 5.41 Å². The first-order valence-corrected chi connectivity index (χ1v) is 5.70. The minimum Gasteiger partial charge on any atom is -0.382 e. The molecule has 0 saturated carbocycles. The van der Waals surface area contributed by atoms with Gasteiger partial charge in [-0.25, -0.2) is 0 Å². The van der Waals surface area contributed by atoms with Crippen LogP contribution in [0, 0.1) is 16.7 Å². The predicted molar refractivity (Wildman–Crippen MR) is 63.0 cm³/mol. The Morgan fingerprint density at radius 1 is 1.38 bits per heavy atom. The summed E-state index contributed by atoms with van der Waals surface area (Å²) < 4.78 is 5.29. The first-order valence-electron chi connectivity index (χ1n) is 5.70. The number of nitrogens with zero attached hydrogens (tertiary/aromatic N) is 1. The topological polar surface area (TPSA) is 33.0 Å². The second kappa shape index (κ2) is 4.27. The lowest BCUT2D eigenvalue weighted by atomic mass is 9.81. The SMILES string of the molecule is COC(C)CC1(C#N)Cc2ccccc2C1. The van der Waals surface area contributed by atoms with Gasteiger partial charge in [0.25, 0.3) is 0 Å². The monoisotopic (exact) mass is 215 g/mol. The van der Waals surface area contributed by atoms with Gasteiger partial charge in [0.05, 0.1) is 17.6 Å². The van der Waals surface area contributed by atoms with Crippen LogP contribution in [0.3, 0.4) is 0 Å². The smallest absolute Gasteiger partial charge is 0.0697 e. The van der Waals surface area contributed by atoms with Crippen molar-refractivity contribution >= 4 is 0 Å². The second-order valence-electron chi connectivity index (χ2n) is 4.76. The fourth-order valence-corrected chi connectivity index (χ4v) is 2.60. The Bertz CT molecular complexity index is 394. The zero-order valence-corrected chi connectivity index (χ0v) is 9.86. The summed E-state index contributed by atoms with van der Waals surface area (Å²) >= 11 is 0. The summed E-state index contributed by atoms with van der Waals surface area (Å²) in [6.45, 7) is 2.03. The lowest BCUT2D eigenvalue weighted by Gasteiger charge is -2.23. The van der Waals surface area contributed by atoms with E-state index in [0.717, 1.165) is 19.3 Å². The standard InChI is InChI=1S/C14H17NO/c1-11(16-2)7-14(10-15)8-12-5-3-4-6-13(12)9-14/h3-6,11H,7-9H2,1-2H3. The number of rotatable bonds is 3. The second-order valence-corrected chi connectivity index (χ2v) is 4.76. The third-order valence-corrected chi connectivity index (χ3v) is 3.49. The van der Waals surface area contributed by atoms with Crippen LogP contribution in [-0.2, 0) is 17.6 Å². The molecule has 2 heteroatoms. The fraction of sp³-hybridized carbons (Fsp3) is 0.500. The lowest BCUT2D eigenvalue weighted by molar-refractivity contribution is 0.0829. The Labute approximate surface area is 96.9 Å². The van der Waals surface area contributed by atoms with Crippen molar-refractivity contribution in [3.63, 3.8) is 0 Å². The van der Waals surface area contributed by atoms with E-state index in [-0.39, 0.29) is 11.5 Å². The van der Waals surface area contributed by atoms with Crippen molar-refractivity contribution in [3.05, 3.63) is 35.4 Å². The normalized spacial score (nSPS) is 18.8. The minimum absolute atomic E-state index is 0.147. The van der Waals surface area contributed by atoms with Crippen LogP contribution in [0.4, 0.5) is 0 Å². The zero-order valence-electron chi connectivity index (χ0n) is 9.86. The fourth-order valence-electron chi connectivity index (χ4n) is 2.60. The van der Waals surface area contributed by atoms with Crippen LogP contribution in [0.5, 0.6) is 0 Å². The van der Waals surface area contributed by atoms with Gasteiger partial charge in [-0.1, -0.05) is 24.3 Å². The molecule has 16 heavy (non-hydrogen) atoms. The summed E-state index contributed by atoms with van der Waals surface area (Å²) in [6, 6.07) is 10.9. The van der Waals surface area contributed by atoms with Crippen molar-refractivity contribution in [2.45, 2.75) is 32.3 Å². The largest absolute Gasteiger partial charge is 0.382 e. The highest BCUT2D eigenvalue weighted by molar-refractivity contribution is 5.37. The Kier molecular flexibility index (Phi) is 2.98. The molecular weight excluding hydrogens is 198 g/mol. The molecule has 0 fully saturated rings. The van der Waals surface area contributed by atoms with Gasteiger partial charge in [0.2, 0.25) is 0 Å². The van der Waals surface area contributed by atoms with Crippen LogP contribution in [-0.4, -0.2) is 13.2 Å². The number of nitriles is 1. The van der Waals surface area contributed by atoms with Gasteiger partial charge in [0, 0.05) is 7.11 Å². The zero-order chi connectivity index (χ0) is 11.6. The van der Waals surface area contributed by atoms with E-state index in [1.807, 2.05) is 19.1 Å². The molecule has 0 aromatic heterocycles. The van der Waals surface area contributed by atoms with Crippen LogP contribution in [0.15, 0.2) is 24.3 Å². The Morgan fingerprint density at radius 2 is 1.94 bits per heavy atom. The van der Waals surface area contributed by atoms with Crippen molar-refractivity contribution in [1.29, 1.82) is 5.26 Å². The van der Waals surface area contributed by atoms with Gasteiger partial charge in [-0.2, -0.15) is 5.26 Å². The van der Waals surface area contributed by atoms with Gasteiger partial charge in [-0.15, -0.1) is 0 Å². The molecule has 1 aromatic carbocycles. The lowest BCUT2D eigenvalue weighted by Crippen LogP contribution is -2.25. The van der Waals surface area contributed by atoms with E-state index >= 15 is 0 Å². The van der Waals surface area contributed by atoms with E-state index in [1.165, 1.54) is 11.1 Å². The summed E-state index contributed by atoms with van der Waals surface area (Å²) in [7, 11) is 1.71. The molecule has 0 spiro atoms. The van der Waals surface area contributed by atoms with Gasteiger partial charge < -0.3 is 4.74 Å². The number of fused-ring (bicyclic) bond motifs is 1. The summed E-state index contributed by atoms with van der Waals surface area (Å²) in [6.07, 6.45) is 2.70. The number of hydrogen-bond acceptors (Lipinski definition) is 2. The van der Waals surface area contributed by atoms with Crippen molar-refractivity contribution in [2.75, 3.05) is 7.11 Å². The highest BCUT2D eigenvalue weighted by Gasteiger charge is 2.38. The number of methoxy groups -OCH3 is 1. The highest BCUT2D eigenvalue weighted by atomic mass is 16.5. The van der Waals surface area contributed by atoms with E-state index in [2.05, 4.69) is 18.2 Å². The van der Waals surface area contributed by atoms with Crippen LogP contribution >= 0.6 is 0 Å². The summed E-state index contributed by atoms with van der Waals surface area (Å²) in [5.74, 6) is 0. The molecule has 84 valence electrons. The Morgan fingerprint density at radius 3 is 2.38 bits per heavy atom. The van der Waals surface area contributed by atoms with Gasteiger partial charge in [0.1, 0.15) is 0 Å². The van der Waals surface area contributed by atoms with Gasteiger partial charge in [-0.05, 0) is 37.3 Å². The van der Waals surface area contributed by atoms with Crippen molar-refractivity contribution in [3.8, 4) is 6.07 Å². The summed E-state index contributed by atoms with van der Waals surface area (Å²) in [4.78, 5) is 0. The van der Waals surface area contributed by atoms with E-state index in [1.54, 1.807) is 7.11 Å². The molecule has 1 atom stereocenters. The molecule has 0 saturated heterocycles.